The van der Waals surface area contributed by atoms with Gasteiger partial charge in [0.05, 0.1) is 10.5 Å². The minimum Gasteiger partial charge on any atom is -0.315 e. The molecule has 126 valence electrons. The summed E-state index contributed by atoms with van der Waals surface area (Å²) in [5.41, 5.74) is 2.68. The first-order chi connectivity index (χ1) is 11.3. The molecule has 2 aromatic carbocycles. The van der Waals surface area contributed by atoms with Gasteiger partial charge in [-0.3, -0.25) is 4.79 Å². The topological polar surface area (TPSA) is 75.3 Å². The van der Waals surface area contributed by atoms with E-state index < -0.39 is 33.0 Å². The summed E-state index contributed by atoms with van der Waals surface area (Å²) in [5, 5.41) is 0. The highest BCUT2D eigenvalue weighted by Gasteiger charge is 2.13. The minimum atomic E-state index is -3.81. The minimum absolute atomic E-state index is 0.0384. The second kappa shape index (κ2) is 7.33. The van der Waals surface area contributed by atoms with Crippen molar-refractivity contribution in [2.45, 2.75) is 11.8 Å². The van der Waals surface area contributed by atoms with Gasteiger partial charge in [0.25, 0.3) is 10.0 Å². The van der Waals surface area contributed by atoms with Gasteiger partial charge < -0.3 is 5.43 Å². The van der Waals surface area contributed by atoms with Crippen LogP contribution in [0.1, 0.15) is 15.9 Å². The number of allylic oxidation sites excluding steroid dienone is 1. The molecule has 0 bridgehead atoms. The van der Waals surface area contributed by atoms with E-state index in [1.54, 1.807) is 12.1 Å². The molecule has 2 rings (SSSR count). The first-order valence-electron chi connectivity index (χ1n) is 6.79. The maximum Gasteiger partial charge on any atom is 0.257 e. The Bertz CT molecular complexity index is 879. The van der Waals surface area contributed by atoms with E-state index in [2.05, 4.69) is 5.43 Å². The smallest absolute Gasteiger partial charge is 0.257 e. The lowest BCUT2D eigenvalue weighted by molar-refractivity contribution is 0.104. The van der Waals surface area contributed by atoms with Gasteiger partial charge in [-0.2, -0.15) is 0 Å². The van der Waals surface area contributed by atoms with Crippen LogP contribution in [0.15, 0.2) is 59.6 Å². The number of carbonyl (C=O) groups excluding carboxylic acids is 1. The number of hydrazine groups is 1. The lowest BCUT2D eigenvalue weighted by Crippen LogP contribution is -2.33. The van der Waals surface area contributed by atoms with Crippen LogP contribution in [0.3, 0.4) is 0 Å². The number of benzene rings is 2. The van der Waals surface area contributed by atoms with Gasteiger partial charge in [0.2, 0.25) is 0 Å². The van der Waals surface area contributed by atoms with Crippen LogP contribution in [-0.4, -0.2) is 14.2 Å². The highest BCUT2D eigenvalue weighted by molar-refractivity contribution is 7.89. The average Bonchev–Trinajstić information content (AvgIpc) is 2.54. The average molecular weight is 352 g/mol. The zero-order valence-corrected chi connectivity index (χ0v) is 13.4. The van der Waals surface area contributed by atoms with Crippen LogP contribution in [0, 0.1) is 18.6 Å². The molecule has 0 aliphatic rings. The normalized spacial score (nSPS) is 11.6. The van der Waals surface area contributed by atoms with E-state index in [9.17, 15) is 22.0 Å². The molecule has 0 aliphatic carbocycles. The van der Waals surface area contributed by atoms with Gasteiger partial charge in [0, 0.05) is 12.3 Å². The molecule has 0 fully saturated rings. The van der Waals surface area contributed by atoms with Crippen LogP contribution in [0.25, 0.3) is 0 Å². The fraction of sp³-hybridized carbons (Fsp3) is 0.0625. The highest BCUT2D eigenvalue weighted by atomic mass is 32.2. The molecule has 0 atom stereocenters. The summed E-state index contributed by atoms with van der Waals surface area (Å²) in [6, 6.07) is 8.63. The Labute approximate surface area is 138 Å². The number of carbonyl (C=O) groups is 1. The Morgan fingerprint density at radius 1 is 1.08 bits per heavy atom. The van der Waals surface area contributed by atoms with Gasteiger partial charge in [0.1, 0.15) is 11.6 Å². The SMILES string of the molecule is Cc1ccc(S(=O)(=O)NN/C=C/C(=O)c2cc(F)ccc2F)cc1. The van der Waals surface area contributed by atoms with E-state index in [1.807, 2.05) is 11.8 Å². The largest absolute Gasteiger partial charge is 0.315 e. The molecule has 0 spiro atoms. The number of aryl methyl sites for hydroxylation is 1. The van der Waals surface area contributed by atoms with E-state index >= 15 is 0 Å². The monoisotopic (exact) mass is 352 g/mol. The molecule has 0 aliphatic heterocycles. The Morgan fingerprint density at radius 2 is 1.75 bits per heavy atom. The van der Waals surface area contributed by atoms with Gasteiger partial charge in [-0.15, -0.1) is 4.83 Å². The summed E-state index contributed by atoms with van der Waals surface area (Å²) in [7, 11) is -3.81. The fourth-order valence-electron chi connectivity index (χ4n) is 1.78. The zero-order chi connectivity index (χ0) is 17.7. The molecular weight excluding hydrogens is 338 g/mol. The fourth-order valence-corrected chi connectivity index (χ4v) is 2.62. The molecule has 0 amide bonds. The number of sulfonamides is 1. The van der Waals surface area contributed by atoms with Gasteiger partial charge in [0.15, 0.2) is 5.78 Å². The Kier molecular flexibility index (Phi) is 5.42. The number of nitrogens with one attached hydrogen (secondary N) is 2. The number of hydrogen-bond acceptors (Lipinski definition) is 4. The van der Waals surface area contributed by atoms with Crippen molar-refractivity contribution in [3.63, 3.8) is 0 Å². The van der Waals surface area contributed by atoms with Crippen LogP contribution in [0.5, 0.6) is 0 Å². The van der Waals surface area contributed by atoms with Crippen LogP contribution in [0.2, 0.25) is 0 Å². The molecule has 0 aromatic heterocycles. The number of ketones is 1. The number of rotatable bonds is 6. The van der Waals surface area contributed by atoms with Crippen molar-refractivity contribution < 1.29 is 22.0 Å². The molecule has 24 heavy (non-hydrogen) atoms. The molecule has 0 unspecified atom stereocenters. The molecule has 2 N–H and O–H groups in total. The van der Waals surface area contributed by atoms with Crippen molar-refractivity contribution in [3.05, 3.63) is 77.5 Å². The first-order valence-corrected chi connectivity index (χ1v) is 8.28. The van der Waals surface area contributed by atoms with Crippen LogP contribution < -0.4 is 10.3 Å². The maximum absolute atomic E-state index is 13.4. The van der Waals surface area contributed by atoms with E-state index in [1.165, 1.54) is 12.1 Å². The second-order valence-electron chi connectivity index (χ2n) is 4.88. The summed E-state index contributed by atoms with van der Waals surface area (Å²) >= 11 is 0. The van der Waals surface area contributed by atoms with Crippen LogP contribution in [0.4, 0.5) is 8.78 Å². The third kappa shape index (κ3) is 4.46. The van der Waals surface area contributed by atoms with Gasteiger partial charge in [-0.25, -0.2) is 17.2 Å². The summed E-state index contributed by atoms with van der Waals surface area (Å²) in [6.07, 6.45) is 1.87. The lowest BCUT2D eigenvalue weighted by atomic mass is 10.1. The van der Waals surface area contributed by atoms with Gasteiger partial charge in [-0.05, 0) is 37.3 Å². The quantitative estimate of drug-likeness (QED) is 0.476. The Hall–Kier alpha value is -2.58. The molecule has 0 saturated heterocycles. The second-order valence-corrected chi connectivity index (χ2v) is 6.57. The van der Waals surface area contributed by atoms with Crippen molar-refractivity contribution >= 4 is 15.8 Å². The molecule has 0 heterocycles. The summed E-state index contributed by atoms with van der Waals surface area (Å²) < 4.78 is 50.3. The van der Waals surface area contributed by atoms with E-state index in [-0.39, 0.29) is 4.90 Å². The molecule has 0 radical (unpaired) electrons. The predicted molar refractivity (Wildman–Crippen MR) is 84.5 cm³/mol. The van der Waals surface area contributed by atoms with E-state index in [4.69, 9.17) is 0 Å². The summed E-state index contributed by atoms with van der Waals surface area (Å²) in [6.45, 7) is 1.82. The number of halogens is 2. The van der Waals surface area contributed by atoms with Crippen molar-refractivity contribution in [2.24, 2.45) is 0 Å². The van der Waals surface area contributed by atoms with E-state index in [0.717, 1.165) is 36.0 Å². The Morgan fingerprint density at radius 3 is 2.42 bits per heavy atom. The summed E-state index contributed by atoms with van der Waals surface area (Å²) in [4.78, 5) is 13.8. The third-order valence-corrected chi connectivity index (χ3v) is 4.32. The van der Waals surface area contributed by atoms with Gasteiger partial charge in [-0.1, -0.05) is 17.7 Å². The van der Waals surface area contributed by atoms with Gasteiger partial charge >= 0.3 is 0 Å². The van der Waals surface area contributed by atoms with E-state index in [0.29, 0.717) is 0 Å². The standard InChI is InChI=1S/C16H14F2N2O3S/c1-11-2-5-13(6-3-11)24(22,23)20-19-9-8-16(21)14-10-12(17)4-7-15(14)18/h2-10,19-20H,1H3/b9-8+. The molecule has 5 nitrogen and oxygen atoms in total. The molecular formula is C16H14F2N2O3S. The predicted octanol–water partition coefficient (Wildman–Crippen LogP) is 2.45. The highest BCUT2D eigenvalue weighted by Crippen LogP contribution is 2.11. The summed E-state index contributed by atoms with van der Waals surface area (Å²) in [5.74, 6) is -2.43. The maximum atomic E-state index is 13.4. The third-order valence-electron chi connectivity index (χ3n) is 3.04. The first kappa shape index (κ1) is 17.8. The van der Waals surface area contributed by atoms with Crippen LogP contribution in [-0.2, 0) is 10.0 Å². The Balaban J connectivity index is 2.00. The zero-order valence-electron chi connectivity index (χ0n) is 12.6. The van der Waals surface area contributed by atoms with Crippen molar-refractivity contribution in [2.75, 3.05) is 0 Å². The van der Waals surface area contributed by atoms with Crippen molar-refractivity contribution in [3.8, 4) is 0 Å². The molecule has 8 heteroatoms. The van der Waals surface area contributed by atoms with Crippen molar-refractivity contribution in [1.82, 2.24) is 10.3 Å². The lowest BCUT2D eigenvalue weighted by Gasteiger charge is -2.06. The molecule has 0 saturated carbocycles. The number of hydrogen-bond donors (Lipinski definition) is 2. The molecule has 2 aromatic rings. The van der Waals surface area contributed by atoms with Crippen molar-refractivity contribution in [1.29, 1.82) is 0 Å². The van der Waals surface area contributed by atoms with Crippen LogP contribution >= 0.6 is 0 Å².